The maximum atomic E-state index is 12.3. The second-order valence-electron chi connectivity index (χ2n) is 6.96. The van der Waals surface area contributed by atoms with Crippen LogP contribution in [0, 0.1) is 0 Å². The molecule has 3 rings (SSSR count). The summed E-state index contributed by atoms with van der Waals surface area (Å²) < 4.78 is 4.99. The third-order valence-corrected chi connectivity index (χ3v) is 4.87. The van der Waals surface area contributed by atoms with Gasteiger partial charge in [0.2, 0.25) is 0 Å². The fourth-order valence-electron chi connectivity index (χ4n) is 3.21. The molecule has 1 fully saturated rings. The van der Waals surface area contributed by atoms with Crippen molar-refractivity contribution in [2.45, 2.75) is 6.42 Å². The van der Waals surface area contributed by atoms with Gasteiger partial charge in [0, 0.05) is 59.1 Å². The van der Waals surface area contributed by atoms with E-state index in [-0.39, 0.29) is 5.91 Å². The zero-order chi connectivity index (χ0) is 20.3. The van der Waals surface area contributed by atoms with E-state index < -0.39 is 0 Å². The Balaban J connectivity index is 1.46. The summed E-state index contributed by atoms with van der Waals surface area (Å²) in [5.74, 6) is 0.635. The number of nitrogens with one attached hydrogen (secondary N) is 1. The summed E-state index contributed by atoms with van der Waals surface area (Å²) in [7, 11) is 1.65. The predicted octanol–water partition coefficient (Wildman–Crippen LogP) is 2.08. The van der Waals surface area contributed by atoms with Gasteiger partial charge in [0.1, 0.15) is 17.8 Å². The molecule has 154 valence electrons. The van der Waals surface area contributed by atoms with Gasteiger partial charge < -0.3 is 15.0 Å². The molecule has 29 heavy (non-hydrogen) atoms. The zero-order valence-electron chi connectivity index (χ0n) is 17.0. The minimum atomic E-state index is -0.172. The van der Waals surface area contributed by atoms with E-state index in [4.69, 9.17) is 4.74 Å². The van der Waals surface area contributed by atoms with E-state index in [1.165, 1.54) is 11.9 Å². The van der Waals surface area contributed by atoms with Gasteiger partial charge in [-0.05, 0) is 12.0 Å². The van der Waals surface area contributed by atoms with Gasteiger partial charge in [0.15, 0.2) is 0 Å². The highest BCUT2D eigenvalue weighted by Crippen LogP contribution is 2.14. The molecule has 0 aliphatic carbocycles. The standard InChI is InChI=1S/C22H29N5O2/c1-29-16-6-10-23-22(28)20-17-21(25-18-24-20)27-14-12-26(13-15-27)11-5-9-19-7-3-2-4-8-19/h2-5,7-9,17-18H,6,10-16H2,1H3,(H,23,28)/b9-5+. The lowest BCUT2D eigenvalue weighted by molar-refractivity contribution is 0.0943. The lowest BCUT2D eigenvalue weighted by Gasteiger charge is -2.34. The first-order chi connectivity index (χ1) is 14.3. The summed E-state index contributed by atoms with van der Waals surface area (Å²) >= 11 is 0. The van der Waals surface area contributed by atoms with Crippen LogP contribution in [0.15, 0.2) is 48.8 Å². The molecule has 1 amide bonds. The molecule has 1 aliphatic heterocycles. The molecule has 0 unspecified atom stereocenters. The van der Waals surface area contributed by atoms with Crippen molar-refractivity contribution in [1.82, 2.24) is 20.2 Å². The second-order valence-corrected chi connectivity index (χ2v) is 6.96. The second kappa shape index (κ2) is 11.3. The average Bonchev–Trinajstić information content (AvgIpc) is 2.78. The van der Waals surface area contributed by atoms with E-state index in [2.05, 4.69) is 49.4 Å². The minimum Gasteiger partial charge on any atom is -0.385 e. The molecule has 7 heteroatoms. The van der Waals surface area contributed by atoms with E-state index in [1.54, 1.807) is 13.2 Å². The summed E-state index contributed by atoms with van der Waals surface area (Å²) in [6.07, 6.45) is 6.62. The fraction of sp³-hybridized carbons (Fsp3) is 0.409. The Bertz CT molecular complexity index is 789. The molecule has 0 radical (unpaired) electrons. The summed E-state index contributed by atoms with van der Waals surface area (Å²) in [5.41, 5.74) is 1.63. The molecule has 2 heterocycles. The summed E-state index contributed by atoms with van der Waals surface area (Å²) in [5, 5.41) is 2.86. The highest BCUT2D eigenvalue weighted by Gasteiger charge is 2.18. The van der Waals surface area contributed by atoms with Crippen LogP contribution in [0.3, 0.4) is 0 Å². The molecular formula is C22H29N5O2. The number of benzene rings is 1. The van der Waals surface area contributed by atoms with E-state index >= 15 is 0 Å². The first-order valence-electron chi connectivity index (χ1n) is 10.0. The Hall–Kier alpha value is -2.77. The number of nitrogens with zero attached hydrogens (tertiary/aromatic N) is 4. The van der Waals surface area contributed by atoms with E-state index in [0.29, 0.717) is 18.8 Å². The Morgan fingerprint density at radius 3 is 2.72 bits per heavy atom. The van der Waals surface area contributed by atoms with Crippen molar-refractivity contribution in [2.24, 2.45) is 0 Å². The summed E-state index contributed by atoms with van der Waals surface area (Å²) in [6, 6.07) is 12.1. The average molecular weight is 396 g/mol. The van der Waals surface area contributed by atoms with Gasteiger partial charge in [-0.2, -0.15) is 0 Å². The van der Waals surface area contributed by atoms with Crippen molar-refractivity contribution in [3.8, 4) is 0 Å². The van der Waals surface area contributed by atoms with Crippen LogP contribution in [0.25, 0.3) is 6.08 Å². The van der Waals surface area contributed by atoms with E-state index in [0.717, 1.165) is 45.0 Å². The van der Waals surface area contributed by atoms with Crippen molar-refractivity contribution >= 4 is 17.8 Å². The van der Waals surface area contributed by atoms with Crippen LogP contribution >= 0.6 is 0 Å². The predicted molar refractivity (Wildman–Crippen MR) is 115 cm³/mol. The number of hydrogen-bond donors (Lipinski definition) is 1. The van der Waals surface area contributed by atoms with Crippen molar-refractivity contribution in [3.63, 3.8) is 0 Å². The highest BCUT2D eigenvalue weighted by atomic mass is 16.5. The number of piperazine rings is 1. The monoisotopic (exact) mass is 395 g/mol. The van der Waals surface area contributed by atoms with Gasteiger partial charge in [-0.3, -0.25) is 9.69 Å². The smallest absolute Gasteiger partial charge is 0.270 e. The Kier molecular flexibility index (Phi) is 8.15. The van der Waals surface area contributed by atoms with Crippen LogP contribution in [0.1, 0.15) is 22.5 Å². The van der Waals surface area contributed by atoms with Crippen LogP contribution in [-0.4, -0.2) is 73.8 Å². The minimum absolute atomic E-state index is 0.172. The van der Waals surface area contributed by atoms with E-state index in [1.807, 2.05) is 18.2 Å². The molecule has 1 aliphatic rings. The van der Waals surface area contributed by atoms with Gasteiger partial charge >= 0.3 is 0 Å². The molecule has 1 aromatic heterocycles. The molecular weight excluding hydrogens is 366 g/mol. The third kappa shape index (κ3) is 6.66. The SMILES string of the molecule is COCCCNC(=O)c1cc(N2CCN(C/C=C/c3ccccc3)CC2)ncn1. The molecule has 7 nitrogen and oxygen atoms in total. The van der Waals surface area contributed by atoms with Crippen LogP contribution in [-0.2, 0) is 4.74 Å². The number of anilines is 1. The normalized spacial score (nSPS) is 15.0. The number of carbonyl (C=O) groups excluding carboxylic acids is 1. The lowest BCUT2D eigenvalue weighted by atomic mass is 10.2. The third-order valence-electron chi connectivity index (χ3n) is 4.87. The Morgan fingerprint density at radius 1 is 1.17 bits per heavy atom. The summed E-state index contributed by atoms with van der Waals surface area (Å²) in [6.45, 7) is 5.81. The van der Waals surface area contributed by atoms with Crippen LogP contribution in [0.4, 0.5) is 5.82 Å². The van der Waals surface area contributed by atoms with Crippen molar-refractivity contribution in [3.05, 3.63) is 60.1 Å². The van der Waals surface area contributed by atoms with E-state index in [9.17, 15) is 4.79 Å². The van der Waals surface area contributed by atoms with Crippen LogP contribution < -0.4 is 10.2 Å². The van der Waals surface area contributed by atoms with Gasteiger partial charge in [0.05, 0.1) is 0 Å². The highest BCUT2D eigenvalue weighted by molar-refractivity contribution is 5.92. The molecule has 0 bridgehead atoms. The molecule has 0 atom stereocenters. The maximum Gasteiger partial charge on any atom is 0.270 e. The van der Waals surface area contributed by atoms with Crippen molar-refractivity contribution in [2.75, 3.05) is 57.9 Å². The van der Waals surface area contributed by atoms with Crippen molar-refractivity contribution in [1.29, 1.82) is 0 Å². The molecule has 1 aromatic carbocycles. The van der Waals surface area contributed by atoms with Gasteiger partial charge in [-0.15, -0.1) is 0 Å². The molecule has 1 saturated heterocycles. The number of ether oxygens (including phenoxy) is 1. The lowest BCUT2D eigenvalue weighted by Crippen LogP contribution is -2.46. The van der Waals surface area contributed by atoms with Gasteiger partial charge in [0.25, 0.3) is 5.91 Å². The first kappa shape index (κ1) is 21.0. The van der Waals surface area contributed by atoms with Gasteiger partial charge in [-0.25, -0.2) is 9.97 Å². The van der Waals surface area contributed by atoms with Crippen molar-refractivity contribution < 1.29 is 9.53 Å². The number of rotatable bonds is 9. The largest absolute Gasteiger partial charge is 0.385 e. The molecule has 0 saturated carbocycles. The number of amides is 1. The zero-order valence-corrected chi connectivity index (χ0v) is 17.0. The summed E-state index contributed by atoms with van der Waals surface area (Å²) in [4.78, 5) is 25.4. The number of hydrogen-bond acceptors (Lipinski definition) is 6. The molecule has 2 aromatic rings. The van der Waals surface area contributed by atoms with Crippen LogP contribution in [0.5, 0.6) is 0 Å². The quantitative estimate of drug-likeness (QED) is 0.656. The first-order valence-corrected chi connectivity index (χ1v) is 10.0. The Morgan fingerprint density at radius 2 is 1.97 bits per heavy atom. The number of methoxy groups -OCH3 is 1. The number of aromatic nitrogens is 2. The van der Waals surface area contributed by atoms with Crippen LogP contribution in [0.2, 0.25) is 0 Å². The fourth-order valence-corrected chi connectivity index (χ4v) is 3.21. The Labute approximate surface area is 172 Å². The molecule has 0 spiro atoms. The maximum absolute atomic E-state index is 12.3. The topological polar surface area (TPSA) is 70.6 Å². The van der Waals surface area contributed by atoms with Gasteiger partial charge in [-0.1, -0.05) is 42.5 Å². The molecule has 1 N–H and O–H groups in total. The number of carbonyl (C=O) groups is 1.